The Kier molecular flexibility index (Phi) is 4.14. The first-order chi connectivity index (χ1) is 10.9. The highest BCUT2D eigenvalue weighted by Crippen LogP contribution is 2.32. The van der Waals surface area contributed by atoms with E-state index < -0.39 is 5.97 Å². The summed E-state index contributed by atoms with van der Waals surface area (Å²) in [5.41, 5.74) is 1.00. The number of thiophene rings is 1. The number of fused-ring (bicyclic) bond motifs is 1. The van der Waals surface area contributed by atoms with E-state index in [4.69, 9.17) is 5.11 Å². The van der Waals surface area contributed by atoms with Gasteiger partial charge in [-0.1, -0.05) is 13.8 Å². The predicted molar refractivity (Wildman–Crippen MR) is 88.9 cm³/mol. The van der Waals surface area contributed by atoms with Gasteiger partial charge in [-0.25, -0.2) is 0 Å². The third-order valence-corrected chi connectivity index (χ3v) is 5.63. The number of nitrogens with one attached hydrogen (secondary N) is 1. The van der Waals surface area contributed by atoms with Gasteiger partial charge in [-0.3, -0.25) is 14.3 Å². The summed E-state index contributed by atoms with van der Waals surface area (Å²) >= 11 is 1.43. The van der Waals surface area contributed by atoms with E-state index in [1.54, 1.807) is 0 Å². The van der Waals surface area contributed by atoms with Gasteiger partial charge in [0.05, 0.1) is 16.5 Å². The molecule has 0 bridgehead atoms. The van der Waals surface area contributed by atoms with Gasteiger partial charge in [0.1, 0.15) is 4.83 Å². The highest BCUT2D eigenvalue weighted by molar-refractivity contribution is 7.20. The number of aryl methyl sites for hydroxylation is 1. The molecule has 0 unspecified atom stereocenters. The molecule has 2 N–H and O–H groups in total. The number of rotatable bonds is 4. The standard InChI is InChI=1S/C16H21N3O3S/c1-8(2)13-11-7-12(23-15(11)19(3)18-13)14(20)17-10-5-4-9(6-10)16(21)22/h7-10H,4-6H2,1-3H3,(H,17,20)(H,21,22)/t9-,10+/m0/s1. The number of nitrogens with zero attached hydrogens (tertiary/aromatic N) is 2. The maximum atomic E-state index is 12.5. The Morgan fingerprint density at radius 2 is 2.17 bits per heavy atom. The van der Waals surface area contributed by atoms with Gasteiger partial charge in [-0.2, -0.15) is 5.10 Å². The Bertz CT molecular complexity index is 762. The molecule has 23 heavy (non-hydrogen) atoms. The molecule has 0 saturated heterocycles. The van der Waals surface area contributed by atoms with Crippen molar-refractivity contribution in [3.8, 4) is 0 Å². The van der Waals surface area contributed by atoms with Gasteiger partial charge >= 0.3 is 5.97 Å². The molecule has 2 heterocycles. The van der Waals surface area contributed by atoms with Gasteiger partial charge in [-0.05, 0) is 31.2 Å². The maximum Gasteiger partial charge on any atom is 0.306 e. The van der Waals surface area contributed by atoms with Crippen molar-refractivity contribution in [3.63, 3.8) is 0 Å². The van der Waals surface area contributed by atoms with Crippen molar-refractivity contribution in [2.45, 2.75) is 45.1 Å². The number of carbonyl (C=O) groups is 2. The van der Waals surface area contributed by atoms with Crippen molar-refractivity contribution in [1.29, 1.82) is 0 Å². The van der Waals surface area contributed by atoms with Crippen LogP contribution in [0.4, 0.5) is 0 Å². The molecule has 1 saturated carbocycles. The van der Waals surface area contributed by atoms with E-state index in [9.17, 15) is 9.59 Å². The topological polar surface area (TPSA) is 84.2 Å². The van der Waals surface area contributed by atoms with E-state index in [-0.39, 0.29) is 17.9 Å². The molecule has 6 nitrogen and oxygen atoms in total. The van der Waals surface area contributed by atoms with Gasteiger partial charge < -0.3 is 10.4 Å². The largest absolute Gasteiger partial charge is 0.481 e. The summed E-state index contributed by atoms with van der Waals surface area (Å²) in [6.07, 6.45) is 1.88. The fourth-order valence-corrected chi connectivity index (χ4v) is 4.18. The van der Waals surface area contributed by atoms with Crippen LogP contribution in [-0.4, -0.2) is 32.8 Å². The van der Waals surface area contributed by atoms with E-state index >= 15 is 0 Å². The minimum atomic E-state index is -0.767. The van der Waals surface area contributed by atoms with E-state index in [0.29, 0.717) is 23.6 Å². The van der Waals surface area contributed by atoms with Crippen molar-refractivity contribution in [2.75, 3.05) is 0 Å². The Balaban J connectivity index is 1.77. The Labute approximate surface area is 138 Å². The first-order valence-electron chi connectivity index (χ1n) is 7.87. The molecular weight excluding hydrogens is 314 g/mol. The van der Waals surface area contributed by atoms with Crippen LogP contribution >= 0.6 is 11.3 Å². The smallest absolute Gasteiger partial charge is 0.306 e. The van der Waals surface area contributed by atoms with E-state index in [2.05, 4.69) is 24.3 Å². The summed E-state index contributed by atoms with van der Waals surface area (Å²) < 4.78 is 1.82. The lowest BCUT2D eigenvalue weighted by Gasteiger charge is -2.11. The number of hydrogen-bond donors (Lipinski definition) is 2. The zero-order valence-electron chi connectivity index (χ0n) is 13.5. The van der Waals surface area contributed by atoms with Crippen LogP contribution in [0.3, 0.4) is 0 Å². The molecule has 0 radical (unpaired) electrons. The average Bonchev–Trinajstić information content (AvgIpc) is 3.15. The molecule has 1 aliphatic carbocycles. The van der Waals surface area contributed by atoms with E-state index in [1.807, 2.05) is 17.8 Å². The fraction of sp³-hybridized carbons (Fsp3) is 0.562. The first kappa shape index (κ1) is 16.0. The summed E-state index contributed by atoms with van der Waals surface area (Å²) in [7, 11) is 1.89. The summed E-state index contributed by atoms with van der Waals surface area (Å²) in [5.74, 6) is -0.914. The number of amides is 1. The number of hydrogen-bond acceptors (Lipinski definition) is 4. The molecular formula is C16H21N3O3S. The number of carboxylic acids is 1. The van der Waals surface area contributed by atoms with E-state index in [0.717, 1.165) is 22.3 Å². The molecule has 2 atom stereocenters. The number of carbonyl (C=O) groups excluding carboxylic acids is 1. The van der Waals surface area contributed by atoms with Crippen LogP contribution in [0.1, 0.15) is 54.4 Å². The van der Waals surface area contributed by atoms with Crippen LogP contribution in [0.2, 0.25) is 0 Å². The average molecular weight is 335 g/mol. The minimum Gasteiger partial charge on any atom is -0.481 e. The van der Waals surface area contributed by atoms with Crippen LogP contribution in [-0.2, 0) is 11.8 Å². The Hall–Kier alpha value is -1.89. The van der Waals surface area contributed by atoms with Gasteiger partial charge in [0.15, 0.2) is 0 Å². The molecule has 7 heteroatoms. The minimum absolute atomic E-state index is 0.0449. The molecule has 0 aromatic carbocycles. The monoisotopic (exact) mass is 335 g/mol. The van der Waals surface area contributed by atoms with Gasteiger partial charge in [0.2, 0.25) is 0 Å². The summed E-state index contributed by atoms with van der Waals surface area (Å²) in [6, 6.07) is 1.86. The highest BCUT2D eigenvalue weighted by atomic mass is 32.1. The summed E-state index contributed by atoms with van der Waals surface area (Å²) in [6.45, 7) is 4.17. The molecule has 1 fully saturated rings. The number of carboxylic acid groups (broad SMARTS) is 1. The number of aromatic nitrogens is 2. The van der Waals surface area contributed by atoms with E-state index in [1.165, 1.54) is 11.3 Å². The highest BCUT2D eigenvalue weighted by Gasteiger charge is 2.31. The first-order valence-corrected chi connectivity index (χ1v) is 8.68. The zero-order valence-corrected chi connectivity index (χ0v) is 14.3. The van der Waals surface area contributed by atoms with Crippen LogP contribution in [0.5, 0.6) is 0 Å². The van der Waals surface area contributed by atoms with Gasteiger partial charge in [0.25, 0.3) is 5.91 Å². The number of aliphatic carboxylic acids is 1. The normalized spacial score (nSPS) is 21.2. The SMILES string of the molecule is CC(C)c1nn(C)c2sc(C(=O)N[C@@H]3CC[C@H](C(=O)O)C3)cc12. The van der Waals surface area contributed by atoms with Gasteiger partial charge in [-0.15, -0.1) is 11.3 Å². The lowest BCUT2D eigenvalue weighted by atomic mass is 10.1. The van der Waals surface area contributed by atoms with Crippen LogP contribution in [0.25, 0.3) is 10.2 Å². The predicted octanol–water partition coefficient (Wildman–Crippen LogP) is 2.74. The molecule has 1 aliphatic rings. The fourth-order valence-electron chi connectivity index (χ4n) is 3.20. The molecule has 0 aliphatic heterocycles. The Morgan fingerprint density at radius 3 is 2.78 bits per heavy atom. The third-order valence-electron chi connectivity index (χ3n) is 4.43. The molecule has 1 amide bonds. The summed E-state index contributed by atoms with van der Waals surface area (Å²) in [4.78, 5) is 25.1. The van der Waals surface area contributed by atoms with Crippen molar-refractivity contribution in [1.82, 2.24) is 15.1 Å². The lowest BCUT2D eigenvalue weighted by molar-refractivity contribution is -0.141. The van der Waals surface area contributed by atoms with Crippen LogP contribution in [0, 0.1) is 5.92 Å². The van der Waals surface area contributed by atoms with Gasteiger partial charge in [0, 0.05) is 18.5 Å². The molecule has 2 aromatic rings. The van der Waals surface area contributed by atoms with Crippen molar-refractivity contribution >= 4 is 33.4 Å². The van der Waals surface area contributed by atoms with Crippen molar-refractivity contribution < 1.29 is 14.7 Å². The van der Waals surface area contributed by atoms with Crippen LogP contribution in [0.15, 0.2) is 6.07 Å². The second-order valence-corrected chi connectivity index (χ2v) is 7.54. The lowest BCUT2D eigenvalue weighted by Crippen LogP contribution is -2.32. The Morgan fingerprint density at radius 1 is 1.43 bits per heavy atom. The van der Waals surface area contributed by atoms with Crippen molar-refractivity contribution in [3.05, 3.63) is 16.6 Å². The summed E-state index contributed by atoms with van der Waals surface area (Å²) in [5, 5.41) is 17.6. The quantitative estimate of drug-likeness (QED) is 0.900. The molecule has 3 rings (SSSR count). The molecule has 0 spiro atoms. The third kappa shape index (κ3) is 2.97. The molecule has 124 valence electrons. The maximum absolute atomic E-state index is 12.5. The molecule has 2 aromatic heterocycles. The second kappa shape index (κ2) is 5.96. The van der Waals surface area contributed by atoms with Crippen molar-refractivity contribution in [2.24, 2.45) is 13.0 Å². The zero-order chi connectivity index (χ0) is 16.7. The van der Waals surface area contributed by atoms with Crippen LogP contribution < -0.4 is 5.32 Å². The second-order valence-electron chi connectivity index (χ2n) is 6.51.